The highest BCUT2D eigenvalue weighted by atomic mass is 16.2. The number of rotatable bonds is 4. The minimum atomic E-state index is -0.485. The zero-order chi connectivity index (χ0) is 17.1. The van der Waals surface area contributed by atoms with Gasteiger partial charge in [-0.3, -0.25) is 14.4 Å². The number of ketones is 1. The van der Waals surface area contributed by atoms with Crippen molar-refractivity contribution in [1.82, 2.24) is 10.6 Å². The molecule has 0 bridgehead atoms. The van der Waals surface area contributed by atoms with Crippen LogP contribution < -0.4 is 16.0 Å². The Labute approximate surface area is 141 Å². The van der Waals surface area contributed by atoms with E-state index in [-0.39, 0.29) is 36.1 Å². The molecular formula is C18H23N3O3. The average molecular weight is 329 g/mol. The first kappa shape index (κ1) is 16.6. The maximum absolute atomic E-state index is 12.2. The molecule has 1 aliphatic heterocycles. The molecule has 0 spiro atoms. The molecule has 6 heteroatoms. The first-order valence-electron chi connectivity index (χ1n) is 8.50. The fourth-order valence-electron chi connectivity index (χ4n) is 3.46. The highest BCUT2D eigenvalue weighted by Gasteiger charge is 2.36. The SMILES string of the molecule is CC(=O)c1ccc(NC(=O)C[C@@H]2N[C@@H]3CCCC[C@@H]3NC2=O)cc1. The summed E-state index contributed by atoms with van der Waals surface area (Å²) in [6.07, 6.45) is 4.44. The summed E-state index contributed by atoms with van der Waals surface area (Å²) in [5, 5.41) is 9.14. The van der Waals surface area contributed by atoms with Gasteiger partial charge in [0.1, 0.15) is 0 Å². The summed E-state index contributed by atoms with van der Waals surface area (Å²) in [4.78, 5) is 35.6. The third kappa shape index (κ3) is 3.82. The van der Waals surface area contributed by atoms with E-state index >= 15 is 0 Å². The van der Waals surface area contributed by atoms with Gasteiger partial charge in [0.15, 0.2) is 5.78 Å². The van der Waals surface area contributed by atoms with Crippen LogP contribution in [-0.2, 0) is 9.59 Å². The number of piperazine rings is 1. The third-order valence-corrected chi connectivity index (χ3v) is 4.79. The zero-order valence-corrected chi connectivity index (χ0v) is 13.8. The molecular weight excluding hydrogens is 306 g/mol. The van der Waals surface area contributed by atoms with Crippen LogP contribution in [0.3, 0.4) is 0 Å². The molecule has 1 saturated carbocycles. The van der Waals surface area contributed by atoms with Crippen molar-refractivity contribution in [3.63, 3.8) is 0 Å². The van der Waals surface area contributed by atoms with Gasteiger partial charge in [0.25, 0.3) is 0 Å². The maximum Gasteiger partial charge on any atom is 0.237 e. The second-order valence-electron chi connectivity index (χ2n) is 6.61. The smallest absolute Gasteiger partial charge is 0.237 e. The molecule has 1 saturated heterocycles. The Balaban J connectivity index is 1.56. The van der Waals surface area contributed by atoms with Crippen LogP contribution in [0.2, 0.25) is 0 Å². The van der Waals surface area contributed by atoms with E-state index in [1.807, 2.05) is 0 Å². The predicted molar refractivity (Wildman–Crippen MR) is 90.8 cm³/mol. The van der Waals surface area contributed by atoms with Gasteiger partial charge in [-0.2, -0.15) is 0 Å². The Morgan fingerprint density at radius 3 is 2.46 bits per heavy atom. The van der Waals surface area contributed by atoms with Gasteiger partial charge in [0.2, 0.25) is 11.8 Å². The van der Waals surface area contributed by atoms with Crippen molar-refractivity contribution in [2.75, 3.05) is 5.32 Å². The fourth-order valence-corrected chi connectivity index (χ4v) is 3.46. The molecule has 3 rings (SSSR count). The number of fused-ring (bicyclic) bond motifs is 1. The molecule has 0 radical (unpaired) electrons. The third-order valence-electron chi connectivity index (χ3n) is 4.79. The van der Waals surface area contributed by atoms with Crippen LogP contribution in [0.4, 0.5) is 5.69 Å². The number of amides is 2. The lowest BCUT2D eigenvalue weighted by molar-refractivity contribution is -0.129. The summed E-state index contributed by atoms with van der Waals surface area (Å²) in [5.41, 5.74) is 1.22. The second-order valence-corrected chi connectivity index (χ2v) is 6.61. The predicted octanol–water partition coefficient (Wildman–Crippen LogP) is 1.62. The number of anilines is 1. The van der Waals surface area contributed by atoms with Gasteiger partial charge >= 0.3 is 0 Å². The lowest BCUT2D eigenvalue weighted by Crippen LogP contribution is -2.65. The standard InChI is InChI=1S/C18H23N3O3/c1-11(22)12-6-8-13(9-7-12)19-17(23)10-16-18(24)21-15-5-3-2-4-14(15)20-16/h6-9,14-16,20H,2-5,10H2,1H3,(H,19,23)(H,21,24)/t14-,15+,16+/m1/s1. The number of Topliss-reactive ketones (excluding diaryl/α,β-unsaturated/α-hetero) is 1. The van der Waals surface area contributed by atoms with Crippen LogP contribution in [0.1, 0.15) is 49.4 Å². The molecule has 3 N–H and O–H groups in total. The molecule has 6 nitrogen and oxygen atoms in total. The largest absolute Gasteiger partial charge is 0.350 e. The van der Waals surface area contributed by atoms with E-state index in [9.17, 15) is 14.4 Å². The minimum absolute atomic E-state index is 0.0158. The topological polar surface area (TPSA) is 87.3 Å². The summed E-state index contributed by atoms with van der Waals surface area (Å²) in [7, 11) is 0. The summed E-state index contributed by atoms with van der Waals surface area (Å²) in [6, 6.07) is 6.72. The van der Waals surface area contributed by atoms with Crippen molar-refractivity contribution in [1.29, 1.82) is 0 Å². The van der Waals surface area contributed by atoms with Crippen LogP contribution in [0.15, 0.2) is 24.3 Å². The molecule has 1 aromatic rings. The summed E-state index contributed by atoms with van der Waals surface area (Å²) < 4.78 is 0. The number of carbonyl (C=O) groups excluding carboxylic acids is 3. The van der Waals surface area contributed by atoms with E-state index in [2.05, 4.69) is 16.0 Å². The van der Waals surface area contributed by atoms with Crippen molar-refractivity contribution < 1.29 is 14.4 Å². The average Bonchev–Trinajstić information content (AvgIpc) is 2.56. The number of nitrogens with one attached hydrogen (secondary N) is 3. The van der Waals surface area contributed by atoms with Crippen LogP contribution in [0.5, 0.6) is 0 Å². The van der Waals surface area contributed by atoms with E-state index in [4.69, 9.17) is 0 Å². The Morgan fingerprint density at radius 2 is 1.79 bits per heavy atom. The monoisotopic (exact) mass is 329 g/mol. The van der Waals surface area contributed by atoms with Crippen molar-refractivity contribution >= 4 is 23.3 Å². The summed E-state index contributed by atoms with van der Waals surface area (Å²) >= 11 is 0. The Kier molecular flexibility index (Phi) is 4.94. The molecule has 1 aromatic carbocycles. The van der Waals surface area contributed by atoms with Crippen molar-refractivity contribution in [3.8, 4) is 0 Å². The molecule has 2 amide bonds. The van der Waals surface area contributed by atoms with Crippen molar-refractivity contribution in [2.45, 2.75) is 57.2 Å². The van der Waals surface area contributed by atoms with Crippen molar-refractivity contribution in [2.24, 2.45) is 0 Å². The van der Waals surface area contributed by atoms with E-state index in [0.717, 1.165) is 25.7 Å². The fraction of sp³-hybridized carbons (Fsp3) is 0.500. The Morgan fingerprint density at radius 1 is 1.12 bits per heavy atom. The van der Waals surface area contributed by atoms with Crippen molar-refractivity contribution in [3.05, 3.63) is 29.8 Å². The van der Waals surface area contributed by atoms with Crippen LogP contribution >= 0.6 is 0 Å². The Bertz CT molecular complexity index is 641. The van der Waals surface area contributed by atoms with Gasteiger partial charge in [0.05, 0.1) is 12.5 Å². The number of hydrogen-bond donors (Lipinski definition) is 3. The van der Waals surface area contributed by atoms with E-state index < -0.39 is 6.04 Å². The molecule has 128 valence electrons. The molecule has 1 heterocycles. The molecule has 2 aliphatic rings. The lowest BCUT2D eigenvalue weighted by Gasteiger charge is -2.40. The van der Waals surface area contributed by atoms with Gasteiger partial charge < -0.3 is 16.0 Å². The Hall–Kier alpha value is -2.21. The first-order valence-corrected chi connectivity index (χ1v) is 8.50. The summed E-state index contributed by atoms with van der Waals surface area (Å²) in [5.74, 6) is -0.328. The van der Waals surface area contributed by atoms with E-state index in [1.54, 1.807) is 24.3 Å². The molecule has 0 aromatic heterocycles. The number of hydrogen-bond acceptors (Lipinski definition) is 4. The zero-order valence-electron chi connectivity index (χ0n) is 13.8. The highest BCUT2D eigenvalue weighted by Crippen LogP contribution is 2.22. The van der Waals surface area contributed by atoms with Crippen LogP contribution in [0, 0.1) is 0 Å². The second kappa shape index (κ2) is 7.13. The van der Waals surface area contributed by atoms with Gasteiger partial charge in [-0.05, 0) is 44.0 Å². The van der Waals surface area contributed by atoms with Crippen LogP contribution in [0.25, 0.3) is 0 Å². The summed E-state index contributed by atoms with van der Waals surface area (Å²) in [6.45, 7) is 1.50. The molecule has 3 atom stereocenters. The van der Waals surface area contributed by atoms with Gasteiger partial charge in [-0.15, -0.1) is 0 Å². The van der Waals surface area contributed by atoms with Gasteiger partial charge in [0, 0.05) is 23.3 Å². The van der Waals surface area contributed by atoms with Crippen LogP contribution in [-0.4, -0.2) is 35.7 Å². The quantitative estimate of drug-likeness (QED) is 0.733. The van der Waals surface area contributed by atoms with Gasteiger partial charge in [-0.1, -0.05) is 12.8 Å². The number of benzene rings is 1. The number of carbonyl (C=O) groups is 3. The van der Waals surface area contributed by atoms with E-state index in [0.29, 0.717) is 11.3 Å². The minimum Gasteiger partial charge on any atom is -0.350 e. The molecule has 24 heavy (non-hydrogen) atoms. The lowest BCUT2D eigenvalue weighted by atomic mass is 9.87. The molecule has 0 unspecified atom stereocenters. The van der Waals surface area contributed by atoms with Gasteiger partial charge in [-0.25, -0.2) is 0 Å². The molecule has 1 aliphatic carbocycles. The van der Waals surface area contributed by atoms with E-state index in [1.165, 1.54) is 6.92 Å². The normalized spacial score (nSPS) is 26.2. The first-order chi connectivity index (χ1) is 11.5. The highest BCUT2D eigenvalue weighted by molar-refractivity contribution is 5.97. The molecule has 2 fully saturated rings. The maximum atomic E-state index is 12.2.